The summed E-state index contributed by atoms with van der Waals surface area (Å²) in [5.74, 6) is 0.470. The molecular weight excluding hydrogens is 154 g/mol. The second-order valence-electron chi connectivity index (χ2n) is 2.71. The monoisotopic (exact) mass is 163 g/mol. The molecule has 0 radical (unpaired) electrons. The minimum absolute atomic E-state index is 0.470. The Balaban J connectivity index is 2.89. The highest BCUT2D eigenvalue weighted by molar-refractivity contribution is 5.47. The van der Waals surface area contributed by atoms with Crippen LogP contribution >= 0.6 is 0 Å². The van der Waals surface area contributed by atoms with Crippen molar-refractivity contribution in [3.05, 3.63) is 17.5 Å². The number of anilines is 1. The van der Waals surface area contributed by atoms with Gasteiger partial charge in [-0.05, 0) is 13.8 Å². The van der Waals surface area contributed by atoms with Gasteiger partial charge in [0.1, 0.15) is 5.82 Å². The fraction of sp³-hybridized carbons (Fsp3) is 0.286. The zero-order valence-corrected chi connectivity index (χ0v) is 6.94. The molecule has 2 heterocycles. The van der Waals surface area contributed by atoms with E-state index in [9.17, 15) is 0 Å². The van der Waals surface area contributed by atoms with Gasteiger partial charge in [-0.25, -0.2) is 4.52 Å². The first-order valence-corrected chi connectivity index (χ1v) is 3.63. The van der Waals surface area contributed by atoms with Gasteiger partial charge in [0.15, 0.2) is 5.65 Å². The molecule has 0 fully saturated rings. The van der Waals surface area contributed by atoms with Crippen molar-refractivity contribution in [2.24, 2.45) is 0 Å². The highest BCUT2D eigenvalue weighted by Crippen LogP contribution is 2.08. The van der Waals surface area contributed by atoms with Gasteiger partial charge in [0.2, 0.25) is 0 Å². The van der Waals surface area contributed by atoms with Gasteiger partial charge in [0.05, 0.1) is 11.4 Å². The van der Waals surface area contributed by atoms with E-state index >= 15 is 0 Å². The molecule has 2 rings (SSSR count). The van der Waals surface area contributed by atoms with E-state index < -0.39 is 0 Å². The molecule has 5 heteroatoms. The lowest BCUT2D eigenvalue weighted by molar-refractivity contribution is 0.826. The minimum Gasteiger partial charge on any atom is -0.382 e. The molecule has 0 spiro atoms. The predicted molar refractivity (Wildman–Crippen MR) is 44.7 cm³/mol. The standard InChI is InChI=1S/C7H9N5/c1-4-5(2)12-7(10-9-4)3-6(8)11-12/h3H,1-2H3,(H2,8,11). The third kappa shape index (κ3) is 0.827. The molecule has 0 bridgehead atoms. The number of aryl methyl sites for hydroxylation is 2. The molecule has 0 unspecified atom stereocenters. The Morgan fingerprint density at radius 3 is 2.83 bits per heavy atom. The van der Waals surface area contributed by atoms with E-state index in [-0.39, 0.29) is 0 Å². The van der Waals surface area contributed by atoms with E-state index in [0.717, 1.165) is 11.4 Å². The van der Waals surface area contributed by atoms with Crippen LogP contribution in [-0.4, -0.2) is 19.8 Å². The Labute approximate surface area is 69.2 Å². The van der Waals surface area contributed by atoms with E-state index in [1.165, 1.54) is 0 Å². The minimum atomic E-state index is 0.470. The first kappa shape index (κ1) is 7.02. The second-order valence-corrected chi connectivity index (χ2v) is 2.71. The third-order valence-electron chi connectivity index (χ3n) is 1.85. The van der Waals surface area contributed by atoms with Crippen LogP contribution in [0.2, 0.25) is 0 Å². The van der Waals surface area contributed by atoms with Crippen molar-refractivity contribution in [3.8, 4) is 0 Å². The predicted octanol–water partition coefficient (Wildman–Crippen LogP) is 0.323. The maximum atomic E-state index is 5.51. The molecule has 0 saturated carbocycles. The average molecular weight is 163 g/mol. The quantitative estimate of drug-likeness (QED) is 0.607. The number of nitrogens with two attached hydrogens (primary N) is 1. The van der Waals surface area contributed by atoms with Gasteiger partial charge in [-0.1, -0.05) is 0 Å². The van der Waals surface area contributed by atoms with Crippen LogP contribution in [0.25, 0.3) is 5.65 Å². The summed E-state index contributed by atoms with van der Waals surface area (Å²) in [7, 11) is 0. The third-order valence-corrected chi connectivity index (χ3v) is 1.85. The van der Waals surface area contributed by atoms with Crippen LogP contribution in [0.4, 0.5) is 5.82 Å². The molecule has 0 saturated heterocycles. The van der Waals surface area contributed by atoms with Crippen molar-refractivity contribution in [1.29, 1.82) is 0 Å². The lowest BCUT2D eigenvalue weighted by atomic mass is 10.4. The maximum Gasteiger partial charge on any atom is 0.179 e. The highest BCUT2D eigenvalue weighted by atomic mass is 15.3. The summed E-state index contributed by atoms with van der Waals surface area (Å²) in [6, 6.07) is 1.69. The van der Waals surface area contributed by atoms with Crippen LogP contribution in [0.15, 0.2) is 6.07 Å². The fourth-order valence-corrected chi connectivity index (χ4v) is 1.06. The van der Waals surface area contributed by atoms with E-state index in [1.54, 1.807) is 10.6 Å². The molecule has 0 amide bonds. The Morgan fingerprint density at radius 2 is 2.08 bits per heavy atom. The first-order chi connectivity index (χ1) is 5.68. The first-order valence-electron chi connectivity index (χ1n) is 3.63. The number of aromatic nitrogens is 4. The molecule has 62 valence electrons. The van der Waals surface area contributed by atoms with Crippen molar-refractivity contribution in [2.45, 2.75) is 13.8 Å². The van der Waals surface area contributed by atoms with Gasteiger partial charge >= 0.3 is 0 Å². The molecular formula is C7H9N5. The number of hydrogen-bond donors (Lipinski definition) is 1. The average Bonchev–Trinajstić information content (AvgIpc) is 2.39. The molecule has 0 aliphatic carbocycles. The van der Waals surface area contributed by atoms with Crippen LogP contribution in [0.3, 0.4) is 0 Å². The van der Waals surface area contributed by atoms with Crippen molar-refractivity contribution < 1.29 is 0 Å². The molecule has 2 aromatic heterocycles. The van der Waals surface area contributed by atoms with E-state index in [0.29, 0.717) is 11.5 Å². The maximum absolute atomic E-state index is 5.51. The number of rotatable bonds is 0. The summed E-state index contributed by atoms with van der Waals surface area (Å²) in [4.78, 5) is 0. The van der Waals surface area contributed by atoms with Crippen molar-refractivity contribution in [3.63, 3.8) is 0 Å². The summed E-state index contributed by atoms with van der Waals surface area (Å²) in [6.07, 6.45) is 0. The smallest absolute Gasteiger partial charge is 0.179 e. The van der Waals surface area contributed by atoms with Gasteiger partial charge in [-0.3, -0.25) is 0 Å². The summed E-state index contributed by atoms with van der Waals surface area (Å²) < 4.78 is 1.69. The molecule has 0 atom stereocenters. The van der Waals surface area contributed by atoms with E-state index in [2.05, 4.69) is 15.3 Å². The number of fused-ring (bicyclic) bond motifs is 1. The normalized spacial score (nSPS) is 10.8. The van der Waals surface area contributed by atoms with Crippen LogP contribution < -0.4 is 5.73 Å². The van der Waals surface area contributed by atoms with Gasteiger partial charge in [-0.2, -0.15) is 5.10 Å². The Hall–Kier alpha value is -1.65. The molecule has 2 aromatic rings. The highest BCUT2D eigenvalue weighted by Gasteiger charge is 2.04. The van der Waals surface area contributed by atoms with Gasteiger partial charge in [0, 0.05) is 6.07 Å². The van der Waals surface area contributed by atoms with Crippen molar-refractivity contribution in [2.75, 3.05) is 5.73 Å². The lowest BCUT2D eigenvalue weighted by Crippen LogP contribution is -2.01. The van der Waals surface area contributed by atoms with E-state index in [1.807, 2.05) is 13.8 Å². The Bertz CT molecular complexity index is 431. The number of hydrogen-bond acceptors (Lipinski definition) is 4. The summed E-state index contributed by atoms with van der Waals surface area (Å²) in [6.45, 7) is 3.82. The summed E-state index contributed by atoms with van der Waals surface area (Å²) >= 11 is 0. The lowest BCUT2D eigenvalue weighted by Gasteiger charge is -1.98. The van der Waals surface area contributed by atoms with Crippen LogP contribution in [0.1, 0.15) is 11.4 Å². The molecule has 12 heavy (non-hydrogen) atoms. The van der Waals surface area contributed by atoms with Gasteiger partial charge in [-0.15, -0.1) is 10.2 Å². The zero-order chi connectivity index (χ0) is 8.72. The summed E-state index contributed by atoms with van der Waals surface area (Å²) in [5.41, 5.74) is 8.04. The summed E-state index contributed by atoms with van der Waals surface area (Å²) in [5, 5.41) is 12.0. The molecule has 0 aromatic carbocycles. The van der Waals surface area contributed by atoms with Crippen LogP contribution in [-0.2, 0) is 0 Å². The number of nitrogen functional groups attached to an aromatic ring is 1. The van der Waals surface area contributed by atoms with E-state index in [4.69, 9.17) is 5.73 Å². The molecule has 0 aliphatic rings. The Kier molecular flexibility index (Phi) is 1.27. The van der Waals surface area contributed by atoms with Crippen LogP contribution in [0, 0.1) is 13.8 Å². The van der Waals surface area contributed by atoms with Crippen molar-refractivity contribution >= 4 is 11.5 Å². The largest absolute Gasteiger partial charge is 0.382 e. The number of nitrogens with zero attached hydrogens (tertiary/aromatic N) is 4. The molecule has 5 nitrogen and oxygen atoms in total. The fourth-order valence-electron chi connectivity index (χ4n) is 1.06. The topological polar surface area (TPSA) is 69.1 Å². The second kappa shape index (κ2) is 2.17. The van der Waals surface area contributed by atoms with Gasteiger partial charge in [0.25, 0.3) is 0 Å². The Morgan fingerprint density at radius 1 is 1.33 bits per heavy atom. The van der Waals surface area contributed by atoms with Crippen LogP contribution in [0.5, 0.6) is 0 Å². The zero-order valence-electron chi connectivity index (χ0n) is 6.94. The SMILES string of the molecule is Cc1nnc2cc(N)nn2c1C. The molecule has 0 aliphatic heterocycles. The van der Waals surface area contributed by atoms with Gasteiger partial charge < -0.3 is 5.73 Å². The van der Waals surface area contributed by atoms with Crippen molar-refractivity contribution in [1.82, 2.24) is 19.8 Å². The molecule has 2 N–H and O–H groups in total.